The molecule has 0 bridgehead atoms. The monoisotopic (exact) mass is 269 g/mol. The second kappa shape index (κ2) is 6.35. The molecule has 1 atom stereocenters. The Hall–Kier alpha value is -1.42. The van der Waals surface area contributed by atoms with Crippen molar-refractivity contribution < 1.29 is 0 Å². The van der Waals surface area contributed by atoms with Crippen molar-refractivity contribution in [3.8, 4) is 0 Å². The molecule has 2 N–H and O–H groups in total. The first kappa shape index (κ1) is 13.6. The third-order valence-electron chi connectivity index (χ3n) is 4.04. The van der Waals surface area contributed by atoms with E-state index in [0.29, 0.717) is 6.04 Å². The fourth-order valence-corrected chi connectivity index (χ4v) is 2.96. The summed E-state index contributed by atoms with van der Waals surface area (Å²) in [6.07, 6.45) is 0. The number of hydrogen-bond donors (Lipinski definition) is 2. The van der Waals surface area contributed by atoms with Crippen molar-refractivity contribution in [2.75, 3.05) is 33.2 Å². The minimum atomic E-state index is 0.559. The molecule has 1 saturated heterocycles. The number of likely N-dealkylation sites (N-methyl/N-ethyl adjacent to an activating group) is 1. The highest BCUT2D eigenvalue weighted by Crippen LogP contribution is 2.18. The van der Waals surface area contributed by atoms with Crippen LogP contribution in [-0.4, -0.2) is 44.2 Å². The molecule has 1 aliphatic heterocycles. The van der Waals surface area contributed by atoms with E-state index in [2.05, 4.69) is 65.0 Å². The summed E-state index contributed by atoms with van der Waals surface area (Å²) >= 11 is 0. The van der Waals surface area contributed by atoms with Gasteiger partial charge >= 0.3 is 0 Å². The number of hydrogen-bond acceptors (Lipinski definition) is 3. The van der Waals surface area contributed by atoms with E-state index in [1.165, 1.54) is 16.3 Å². The van der Waals surface area contributed by atoms with E-state index in [1.54, 1.807) is 0 Å². The van der Waals surface area contributed by atoms with Crippen molar-refractivity contribution in [1.82, 2.24) is 15.5 Å². The Labute approximate surface area is 121 Å². The van der Waals surface area contributed by atoms with E-state index in [4.69, 9.17) is 0 Å². The van der Waals surface area contributed by atoms with E-state index in [0.717, 1.165) is 32.7 Å². The Kier molecular flexibility index (Phi) is 4.31. The number of rotatable bonds is 4. The smallest absolute Gasteiger partial charge is 0.0320 e. The van der Waals surface area contributed by atoms with Gasteiger partial charge in [0.05, 0.1) is 0 Å². The molecule has 3 rings (SSSR count). The summed E-state index contributed by atoms with van der Waals surface area (Å²) in [4.78, 5) is 2.39. The predicted molar refractivity (Wildman–Crippen MR) is 84.9 cm³/mol. The molecular formula is C17H23N3. The summed E-state index contributed by atoms with van der Waals surface area (Å²) in [5, 5.41) is 9.84. The topological polar surface area (TPSA) is 27.3 Å². The molecule has 3 heteroatoms. The SMILES string of the molecule is CN1CCNC(CNCc2cccc3ccccc23)C1. The molecule has 2 aromatic rings. The second-order valence-corrected chi connectivity index (χ2v) is 5.68. The quantitative estimate of drug-likeness (QED) is 0.887. The van der Waals surface area contributed by atoms with Crippen LogP contribution in [0.15, 0.2) is 42.5 Å². The molecule has 3 nitrogen and oxygen atoms in total. The van der Waals surface area contributed by atoms with Gasteiger partial charge in [-0.1, -0.05) is 42.5 Å². The zero-order valence-corrected chi connectivity index (χ0v) is 12.1. The normalized spacial score (nSPS) is 20.4. The van der Waals surface area contributed by atoms with Gasteiger partial charge in [0.1, 0.15) is 0 Å². The highest BCUT2D eigenvalue weighted by Gasteiger charge is 2.15. The number of nitrogens with one attached hydrogen (secondary N) is 2. The molecule has 1 aliphatic rings. The van der Waals surface area contributed by atoms with Gasteiger partial charge in [0.25, 0.3) is 0 Å². The largest absolute Gasteiger partial charge is 0.311 e. The van der Waals surface area contributed by atoms with Gasteiger partial charge in [0.15, 0.2) is 0 Å². The van der Waals surface area contributed by atoms with Gasteiger partial charge in [-0.2, -0.15) is 0 Å². The van der Waals surface area contributed by atoms with Gasteiger partial charge in [0, 0.05) is 38.8 Å². The standard InChI is InChI=1S/C17H23N3/c1-20-10-9-19-16(13-20)12-18-11-15-7-4-6-14-5-2-3-8-17(14)15/h2-8,16,18-19H,9-13H2,1H3. The lowest BCUT2D eigenvalue weighted by Crippen LogP contribution is -2.52. The number of benzene rings is 2. The minimum absolute atomic E-state index is 0.559. The molecular weight excluding hydrogens is 246 g/mol. The molecule has 106 valence electrons. The molecule has 0 aliphatic carbocycles. The van der Waals surface area contributed by atoms with Crippen LogP contribution < -0.4 is 10.6 Å². The molecule has 20 heavy (non-hydrogen) atoms. The van der Waals surface area contributed by atoms with Gasteiger partial charge in [-0.25, -0.2) is 0 Å². The summed E-state index contributed by atoms with van der Waals surface area (Å²) in [7, 11) is 2.19. The van der Waals surface area contributed by atoms with Crippen LogP contribution >= 0.6 is 0 Å². The van der Waals surface area contributed by atoms with Gasteiger partial charge in [-0.3, -0.25) is 0 Å². The van der Waals surface area contributed by atoms with E-state index in [1.807, 2.05) is 0 Å². The van der Waals surface area contributed by atoms with Crippen molar-refractivity contribution in [2.45, 2.75) is 12.6 Å². The Bertz CT molecular complexity index is 562. The van der Waals surface area contributed by atoms with E-state index in [9.17, 15) is 0 Å². The van der Waals surface area contributed by atoms with Crippen LogP contribution in [0.25, 0.3) is 10.8 Å². The van der Waals surface area contributed by atoms with Crippen molar-refractivity contribution in [1.29, 1.82) is 0 Å². The molecule has 0 aromatic heterocycles. The van der Waals surface area contributed by atoms with Crippen molar-refractivity contribution >= 4 is 10.8 Å². The Balaban J connectivity index is 1.60. The van der Waals surface area contributed by atoms with Crippen LogP contribution in [0.5, 0.6) is 0 Å². The summed E-state index contributed by atoms with van der Waals surface area (Å²) in [6, 6.07) is 15.7. The van der Waals surface area contributed by atoms with Crippen molar-refractivity contribution in [2.24, 2.45) is 0 Å². The average Bonchev–Trinajstić information content (AvgIpc) is 2.48. The summed E-state index contributed by atoms with van der Waals surface area (Å²) in [5.74, 6) is 0. The second-order valence-electron chi connectivity index (χ2n) is 5.68. The van der Waals surface area contributed by atoms with Crippen molar-refractivity contribution in [3.05, 3.63) is 48.0 Å². The lowest BCUT2D eigenvalue weighted by atomic mass is 10.0. The summed E-state index contributed by atoms with van der Waals surface area (Å²) in [5.41, 5.74) is 1.38. The molecule has 0 spiro atoms. The fraction of sp³-hybridized carbons (Fsp3) is 0.412. The zero-order valence-electron chi connectivity index (χ0n) is 12.1. The maximum absolute atomic E-state index is 3.59. The Morgan fingerprint density at radius 3 is 2.95 bits per heavy atom. The third-order valence-corrected chi connectivity index (χ3v) is 4.04. The van der Waals surface area contributed by atoms with Crippen LogP contribution in [0.1, 0.15) is 5.56 Å². The first-order valence-electron chi connectivity index (χ1n) is 7.42. The Morgan fingerprint density at radius 2 is 2.05 bits per heavy atom. The fourth-order valence-electron chi connectivity index (χ4n) is 2.96. The molecule has 0 amide bonds. The van der Waals surface area contributed by atoms with Gasteiger partial charge in [-0.05, 0) is 23.4 Å². The van der Waals surface area contributed by atoms with Crippen LogP contribution in [0.4, 0.5) is 0 Å². The van der Waals surface area contributed by atoms with Crippen LogP contribution in [0.3, 0.4) is 0 Å². The maximum atomic E-state index is 3.59. The van der Waals surface area contributed by atoms with Gasteiger partial charge in [0.2, 0.25) is 0 Å². The predicted octanol–water partition coefficient (Wildman–Crippen LogP) is 1.83. The summed E-state index contributed by atoms with van der Waals surface area (Å²) in [6.45, 7) is 5.33. The lowest BCUT2D eigenvalue weighted by Gasteiger charge is -2.31. The highest BCUT2D eigenvalue weighted by atomic mass is 15.2. The van der Waals surface area contributed by atoms with E-state index in [-0.39, 0.29) is 0 Å². The van der Waals surface area contributed by atoms with E-state index < -0.39 is 0 Å². The Morgan fingerprint density at radius 1 is 1.20 bits per heavy atom. The van der Waals surface area contributed by atoms with E-state index >= 15 is 0 Å². The zero-order chi connectivity index (χ0) is 13.8. The number of piperazine rings is 1. The average molecular weight is 269 g/mol. The molecule has 0 radical (unpaired) electrons. The first-order chi connectivity index (χ1) is 9.83. The molecule has 2 aromatic carbocycles. The van der Waals surface area contributed by atoms with Gasteiger partial charge in [-0.15, -0.1) is 0 Å². The van der Waals surface area contributed by atoms with Crippen LogP contribution in [0, 0.1) is 0 Å². The lowest BCUT2D eigenvalue weighted by molar-refractivity contribution is 0.235. The maximum Gasteiger partial charge on any atom is 0.0320 e. The first-order valence-corrected chi connectivity index (χ1v) is 7.42. The number of nitrogens with zero attached hydrogens (tertiary/aromatic N) is 1. The van der Waals surface area contributed by atoms with Crippen molar-refractivity contribution in [3.63, 3.8) is 0 Å². The number of fused-ring (bicyclic) bond motifs is 1. The third kappa shape index (κ3) is 3.18. The van der Waals surface area contributed by atoms with Crippen LogP contribution in [-0.2, 0) is 6.54 Å². The van der Waals surface area contributed by atoms with Crippen LogP contribution in [0.2, 0.25) is 0 Å². The minimum Gasteiger partial charge on any atom is -0.311 e. The molecule has 1 fully saturated rings. The summed E-state index contributed by atoms with van der Waals surface area (Å²) < 4.78 is 0. The highest BCUT2D eigenvalue weighted by molar-refractivity contribution is 5.85. The molecule has 1 heterocycles. The molecule has 1 unspecified atom stereocenters. The van der Waals surface area contributed by atoms with Gasteiger partial charge < -0.3 is 15.5 Å². The molecule has 0 saturated carbocycles.